The van der Waals surface area contributed by atoms with Crippen LogP contribution in [-0.4, -0.2) is 41.4 Å². The summed E-state index contributed by atoms with van der Waals surface area (Å²) >= 11 is 0. The number of hydrogen-bond acceptors (Lipinski definition) is 5. The van der Waals surface area contributed by atoms with Gasteiger partial charge in [0.1, 0.15) is 17.2 Å². The Morgan fingerprint density at radius 3 is 2.52 bits per heavy atom. The molecule has 0 aliphatic carbocycles. The number of hydrogen-bond donors (Lipinski definition) is 1. The van der Waals surface area contributed by atoms with Gasteiger partial charge < -0.3 is 14.8 Å². The van der Waals surface area contributed by atoms with Gasteiger partial charge in [-0.2, -0.15) is 5.10 Å². The lowest BCUT2D eigenvalue weighted by Crippen LogP contribution is -2.28. The zero-order chi connectivity index (χ0) is 23.2. The van der Waals surface area contributed by atoms with E-state index in [1.165, 1.54) is 0 Å². The number of carbonyl (C=O) groups is 1. The highest BCUT2D eigenvalue weighted by Crippen LogP contribution is 2.33. The Labute approximate surface area is 193 Å². The largest absolute Gasteiger partial charge is 0.497 e. The fraction of sp³-hybridized carbons (Fsp3) is 0.192. The molecule has 0 fully saturated rings. The molecule has 4 rings (SSSR count). The average Bonchev–Trinajstić information content (AvgIpc) is 3.30. The number of benzene rings is 2. The highest BCUT2D eigenvalue weighted by atomic mass is 16.5. The molecule has 0 radical (unpaired) electrons. The molecule has 7 nitrogen and oxygen atoms in total. The molecule has 0 unspecified atom stereocenters. The molecule has 0 aliphatic rings. The van der Waals surface area contributed by atoms with E-state index in [9.17, 15) is 4.79 Å². The van der Waals surface area contributed by atoms with Crippen LogP contribution in [0.2, 0.25) is 0 Å². The summed E-state index contributed by atoms with van der Waals surface area (Å²) in [4.78, 5) is 17.5. The first kappa shape index (κ1) is 22.1. The van der Waals surface area contributed by atoms with Crippen molar-refractivity contribution in [1.82, 2.24) is 20.1 Å². The van der Waals surface area contributed by atoms with Crippen LogP contribution in [0.25, 0.3) is 16.9 Å². The molecule has 0 aliphatic heterocycles. The highest BCUT2D eigenvalue weighted by molar-refractivity contribution is 5.94. The third-order valence-corrected chi connectivity index (χ3v) is 5.30. The molecule has 0 spiro atoms. The average molecular weight is 443 g/mol. The van der Waals surface area contributed by atoms with Gasteiger partial charge in [0, 0.05) is 36.5 Å². The molecule has 0 atom stereocenters. The lowest BCUT2D eigenvalue weighted by molar-refractivity contribution is 0.0946. The fourth-order valence-corrected chi connectivity index (χ4v) is 3.51. The van der Waals surface area contributed by atoms with E-state index in [1.54, 1.807) is 37.2 Å². The van der Waals surface area contributed by atoms with Gasteiger partial charge in [-0.3, -0.25) is 9.78 Å². The zero-order valence-corrected chi connectivity index (χ0v) is 18.9. The van der Waals surface area contributed by atoms with Crippen LogP contribution < -0.4 is 14.8 Å². The Morgan fingerprint density at radius 2 is 1.82 bits per heavy atom. The predicted octanol–water partition coefficient (Wildman–Crippen LogP) is 4.23. The molecule has 33 heavy (non-hydrogen) atoms. The van der Waals surface area contributed by atoms with Gasteiger partial charge in [0.25, 0.3) is 5.91 Å². The first-order valence-electron chi connectivity index (χ1n) is 10.7. The Balaban J connectivity index is 1.67. The maximum Gasteiger partial charge on any atom is 0.270 e. The van der Waals surface area contributed by atoms with E-state index in [2.05, 4.69) is 10.3 Å². The van der Waals surface area contributed by atoms with Crippen LogP contribution in [0.4, 0.5) is 0 Å². The topological polar surface area (TPSA) is 78.3 Å². The molecule has 0 saturated heterocycles. The van der Waals surface area contributed by atoms with Crippen LogP contribution in [0, 0.1) is 6.92 Å². The van der Waals surface area contributed by atoms with E-state index < -0.39 is 0 Å². The SMILES string of the molecule is COc1ccc(-c2cc(C(=O)NCCc3ccccn3)n(-c3ccc(C)cc3)n2)c(OC)c1. The summed E-state index contributed by atoms with van der Waals surface area (Å²) in [6.07, 6.45) is 2.39. The highest BCUT2D eigenvalue weighted by Gasteiger charge is 2.20. The van der Waals surface area contributed by atoms with Crippen LogP contribution in [0.5, 0.6) is 11.5 Å². The van der Waals surface area contributed by atoms with Crippen LogP contribution in [0.1, 0.15) is 21.7 Å². The molecule has 2 heterocycles. The standard InChI is InChI=1S/C26H26N4O3/c1-18-7-9-20(10-8-18)30-24(26(31)28-15-13-19-6-4-5-14-27-19)17-23(29-30)22-12-11-21(32-2)16-25(22)33-3/h4-12,14,16-17H,13,15H2,1-3H3,(H,28,31). The number of rotatable bonds is 8. The van der Waals surface area contributed by atoms with Gasteiger partial charge in [0.2, 0.25) is 0 Å². The second-order valence-corrected chi connectivity index (χ2v) is 7.56. The van der Waals surface area contributed by atoms with Crippen molar-refractivity contribution < 1.29 is 14.3 Å². The number of aromatic nitrogens is 3. The number of nitrogens with one attached hydrogen (secondary N) is 1. The Bertz CT molecular complexity index is 1230. The summed E-state index contributed by atoms with van der Waals surface area (Å²) in [6.45, 7) is 2.49. The van der Waals surface area contributed by atoms with Gasteiger partial charge in [0.15, 0.2) is 0 Å². The smallest absolute Gasteiger partial charge is 0.270 e. The van der Waals surface area contributed by atoms with Gasteiger partial charge in [0.05, 0.1) is 25.6 Å². The van der Waals surface area contributed by atoms with E-state index in [1.807, 2.05) is 61.5 Å². The zero-order valence-electron chi connectivity index (χ0n) is 18.9. The van der Waals surface area contributed by atoms with Crippen molar-refractivity contribution in [3.05, 3.63) is 89.9 Å². The summed E-state index contributed by atoms with van der Waals surface area (Å²) in [5, 5.41) is 7.74. The number of pyridine rings is 1. The molecular formula is C26H26N4O3. The van der Waals surface area contributed by atoms with Crippen LogP contribution in [0.3, 0.4) is 0 Å². The molecule has 1 N–H and O–H groups in total. The maximum atomic E-state index is 13.2. The molecule has 7 heteroatoms. The second kappa shape index (κ2) is 9.99. The molecule has 168 valence electrons. The molecule has 0 saturated carbocycles. The molecule has 2 aromatic carbocycles. The van der Waals surface area contributed by atoms with Crippen molar-refractivity contribution in [3.63, 3.8) is 0 Å². The van der Waals surface area contributed by atoms with E-state index >= 15 is 0 Å². The third-order valence-electron chi connectivity index (χ3n) is 5.30. The molecule has 4 aromatic rings. The van der Waals surface area contributed by atoms with Gasteiger partial charge in [-0.05, 0) is 49.4 Å². The predicted molar refractivity (Wildman–Crippen MR) is 127 cm³/mol. The summed E-state index contributed by atoms with van der Waals surface area (Å²) in [5.74, 6) is 1.09. The molecule has 2 aromatic heterocycles. The van der Waals surface area contributed by atoms with Crippen molar-refractivity contribution in [2.75, 3.05) is 20.8 Å². The summed E-state index contributed by atoms with van der Waals surface area (Å²) in [6, 6.07) is 20.9. The monoisotopic (exact) mass is 442 g/mol. The van der Waals surface area contributed by atoms with E-state index in [-0.39, 0.29) is 5.91 Å². The van der Waals surface area contributed by atoms with E-state index in [4.69, 9.17) is 14.6 Å². The molecular weight excluding hydrogens is 416 g/mol. The Morgan fingerprint density at radius 1 is 1.00 bits per heavy atom. The van der Waals surface area contributed by atoms with Crippen molar-refractivity contribution in [3.8, 4) is 28.4 Å². The first-order valence-corrected chi connectivity index (χ1v) is 10.7. The first-order chi connectivity index (χ1) is 16.1. The molecule has 0 bridgehead atoms. The number of nitrogens with zero attached hydrogens (tertiary/aromatic N) is 3. The number of carbonyl (C=O) groups excluding carboxylic acids is 1. The lowest BCUT2D eigenvalue weighted by Gasteiger charge is -2.09. The minimum absolute atomic E-state index is 0.210. The Kier molecular flexibility index (Phi) is 6.69. The van der Waals surface area contributed by atoms with E-state index in [0.29, 0.717) is 35.9 Å². The van der Waals surface area contributed by atoms with Crippen molar-refractivity contribution in [1.29, 1.82) is 0 Å². The summed E-state index contributed by atoms with van der Waals surface area (Å²) in [5.41, 5.74) is 4.69. The second-order valence-electron chi connectivity index (χ2n) is 7.56. The minimum atomic E-state index is -0.210. The normalized spacial score (nSPS) is 10.6. The van der Waals surface area contributed by atoms with Gasteiger partial charge in [-0.15, -0.1) is 0 Å². The summed E-state index contributed by atoms with van der Waals surface area (Å²) < 4.78 is 12.5. The summed E-state index contributed by atoms with van der Waals surface area (Å²) in [7, 11) is 3.20. The minimum Gasteiger partial charge on any atom is -0.497 e. The number of methoxy groups -OCH3 is 2. The van der Waals surface area contributed by atoms with Crippen LogP contribution in [-0.2, 0) is 6.42 Å². The van der Waals surface area contributed by atoms with Gasteiger partial charge in [-0.1, -0.05) is 23.8 Å². The van der Waals surface area contributed by atoms with Crippen molar-refractivity contribution in [2.24, 2.45) is 0 Å². The molecule has 1 amide bonds. The van der Waals surface area contributed by atoms with Gasteiger partial charge >= 0.3 is 0 Å². The Hall–Kier alpha value is -4.13. The van der Waals surface area contributed by atoms with Crippen LogP contribution in [0.15, 0.2) is 72.9 Å². The third kappa shape index (κ3) is 5.03. The number of ether oxygens (including phenoxy) is 2. The van der Waals surface area contributed by atoms with Crippen molar-refractivity contribution >= 4 is 5.91 Å². The van der Waals surface area contributed by atoms with Crippen LogP contribution >= 0.6 is 0 Å². The fourth-order valence-electron chi connectivity index (χ4n) is 3.51. The van der Waals surface area contributed by atoms with E-state index in [0.717, 1.165) is 22.5 Å². The number of amides is 1. The maximum absolute atomic E-state index is 13.2. The number of aryl methyl sites for hydroxylation is 1. The lowest BCUT2D eigenvalue weighted by atomic mass is 10.1. The van der Waals surface area contributed by atoms with Crippen molar-refractivity contribution in [2.45, 2.75) is 13.3 Å². The quantitative estimate of drug-likeness (QED) is 0.442. The van der Waals surface area contributed by atoms with Gasteiger partial charge in [-0.25, -0.2) is 4.68 Å².